The summed E-state index contributed by atoms with van der Waals surface area (Å²) in [5.41, 5.74) is -0.702. The van der Waals surface area contributed by atoms with Crippen LogP contribution in [0, 0.1) is 0 Å². The first-order valence-corrected chi connectivity index (χ1v) is 12.6. The number of pyridine rings is 1. The van der Waals surface area contributed by atoms with Crippen molar-refractivity contribution in [2.75, 3.05) is 11.1 Å². The minimum atomic E-state index is -5.10. The van der Waals surface area contributed by atoms with Gasteiger partial charge in [0.25, 0.3) is 0 Å². The number of nitrogens with zero attached hydrogens (tertiary/aromatic N) is 4. The van der Waals surface area contributed by atoms with Gasteiger partial charge in [-0.1, -0.05) is 27.7 Å². The van der Waals surface area contributed by atoms with Crippen LogP contribution in [0.25, 0.3) is 22.9 Å². The van der Waals surface area contributed by atoms with Crippen LogP contribution < -0.4 is 5.32 Å². The summed E-state index contributed by atoms with van der Waals surface area (Å²) in [7, 11) is 1.51. The monoisotopic (exact) mass is 563 g/mol. The molecule has 3 aromatic rings. The molecule has 1 N–H and O–H groups in total. The lowest BCUT2D eigenvalue weighted by molar-refractivity contribution is -0.167. The second-order valence-corrected chi connectivity index (χ2v) is 12.0. The summed E-state index contributed by atoms with van der Waals surface area (Å²) >= 11 is 2.68. The number of carbonyl (C=O) groups excluding carboxylic acids is 1. The first-order valence-electron chi connectivity index (χ1n) is 10.8. The van der Waals surface area contributed by atoms with E-state index in [1.165, 1.54) is 41.2 Å². The number of hydrogen-bond donors (Lipinski definition) is 1. The topological polar surface area (TPSA) is 72.7 Å². The van der Waals surface area contributed by atoms with Gasteiger partial charge in [-0.25, -0.2) is 0 Å². The van der Waals surface area contributed by atoms with E-state index >= 15 is 0 Å². The molecule has 0 aliphatic heterocycles. The van der Waals surface area contributed by atoms with Gasteiger partial charge >= 0.3 is 18.3 Å². The fourth-order valence-electron chi connectivity index (χ4n) is 3.23. The minimum absolute atomic E-state index is 0.0302. The first-order chi connectivity index (χ1) is 17.0. The first kappa shape index (κ1) is 28.8. The maximum absolute atomic E-state index is 13.2. The Labute approximate surface area is 217 Å². The molecule has 200 valence electrons. The van der Waals surface area contributed by atoms with Crippen molar-refractivity contribution >= 4 is 35.1 Å². The normalized spacial score (nSPS) is 12.6. The number of halogens is 6. The summed E-state index contributed by atoms with van der Waals surface area (Å²) in [5, 5.41) is 10.1. The third-order valence-corrected chi connectivity index (χ3v) is 6.84. The molecule has 37 heavy (non-hydrogen) atoms. The van der Waals surface area contributed by atoms with E-state index in [1.54, 1.807) is 6.07 Å². The largest absolute Gasteiger partial charge is 0.471 e. The maximum Gasteiger partial charge on any atom is 0.471 e. The van der Waals surface area contributed by atoms with Crippen LogP contribution in [0.1, 0.15) is 33.3 Å². The Bertz CT molecular complexity index is 1300. The maximum atomic E-state index is 13.2. The quantitative estimate of drug-likeness (QED) is 0.256. The molecule has 1 aromatic carbocycles. The number of anilines is 1. The average Bonchev–Trinajstić information content (AvgIpc) is 3.14. The van der Waals surface area contributed by atoms with Gasteiger partial charge < -0.3 is 9.88 Å². The van der Waals surface area contributed by atoms with Crippen LogP contribution in [0.15, 0.2) is 40.3 Å². The third kappa shape index (κ3) is 6.98. The zero-order valence-electron chi connectivity index (χ0n) is 20.4. The Morgan fingerprint density at radius 2 is 1.65 bits per heavy atom. The molecule has 6 nitrogen and oxygen atoms in total. The van der Waals surface area contributed by atoms with Gasteiger partial charge in [-0.15, -0.1) is 33.7 Å². The van der Waals surface area contributed by atoms with Crippen LogP contribution in [-0.2, 0) is 18.0 Å². The number of thioether (sulfide) groups is 2. The number of aromatic nitrogens is 4. The molecule has 2 aromatic heterocycles. The number of carbonyl (C=O) groups is 1. The molecule has 0 aliphatic rings. The van der Waals surface area contributed by atoms with E-state index in [4.69, 9.17) is 0 Å². The molecule has 0 fully saturated rings. The number of hydrogen-bond acceptors (Lipinski definition) is 6. The van der Waals surface area contributed by atoms with E-state index in [9.17, 15) is 31.1 Å². The lowest BCUT2D eigenvalue weighted by atomic mass is 10.1. The van der Waals surface area contributed by atoms with Crippen LogP contribution in [0.5, 0.6) is 0 Å². The van der Waals surface area contributed by atoms with Crippen molar-refractivity contribution in [1.82, 2.24) is 19.7 Å². The van der Waals surface area contributed by atoms with Gasteiger partial charge in [0, 0.05) is 33.3 Å². The highest BCUT2D eigenvalue weighted by Gasteiger charge is 2.39. The van der Waals surface area contributed by atoms with Crippen LogP contribution in [-0.4, -0.2) is 42.3 Å². The van der Waals surface area contributed by atoms with Gasteiger partial charge in [-0.2, -0.15) is 26.3 Å². The van der Waals surface area contributed by atoms with Crippen molar-refractivity contribution in [3.05, 3.63) is 36.0 Å². The second-order valence-electron chi connectivity index (χ2n) is 8.78. The molecule has 2 heterocycles. The number of nitrogens with one attached hydrogen (secondary N) is 1. The highest BCUT2D eigenvalue weighted by atomic mass is 32.2. The van der Waals surface area contributed by atoms with Crippen molar-refractivity contribution in [3.63, 3.8) is 0 Å². The lowest BCUT2D eigenvalue weighted by Crippen LogP contribution is -2.30. The fourth-order valence-corrected chi connectivity index (χ4v) is 5.18. The summed E-state index contributed by atoms with van der Waals surface area (Å²) < 4.78 is 79.8. The highest BCUT2D eigenvalue weighted by molar-refractivity contribution is 8.01. The Morgan fingerprint density at radius 3 is 2.22 bits per heavy atom. The van der Waals surface area contributed by atoms with Gasteiger partial charge in [-0.05, 0) is 30.0 Å². The van der Waals surface area contributed by atoms with Gasteiger partial charge in [-0.3, -0.25) is 9.78 Å². The molecule has 1 amide bonds. The zero-order valence-corrected chi connectivity index (χ0v) is 22.0. The van der Waals surface area contributed by atoms with Crippen LogP contribution >= 0.6 is 23.5 Å². The summed E-state index contributed by atoms with van der Waals surface area (Å²) in [5.74, 6) is -1.31. The van der Waals surface area contributed by atoms with Crippen molar-refractivity contribution < 1.29 is 31.1 Å². The molecule has 0 radical (unpaired) electrons. The van der Waals surface area contributed by atoms with Crippen molar-refractivity contribution in [2.24, 2.45) is 7.05 Å². The van der Waals surface area contributed by atoms with E-state index < -0.39 is 23.8 Å². The van der Waals surface area contributed by atoms with Crippen LogP contribution in [0.3, 0.4) is 0 Å². The lowest BCUT2D eigenvalue weighted by Gasteiger charge is -2.22. The van der Waals surface area contributed by atoms with E-state index in [-0.39, 0.29) is 27.8 Å². The fraction of sp³-hybridized carbons (Fsp3) is 0.391. The predicted octanol–water partition coefficient (Wildman–Crippen LogP) is 7.07. The Hall–Kier alpha value is -2.74. The Kier molecular flexibility index (Phi) is 8.22. The second kappa shape index (κ2) is 10.6. The zero-order chi connectivity index (χ0) is 27.8. The molecule has 3 rings (SSSR count). The van der Waals surface area contributed by atoms with Crippen molar-refractivity contribution in [1.29, 1.82) is 0 Å². The van der Waals surface area contributed by atoms with Gasteiger partial charge in [0.2, 0.25) is 0 Å². The molecular formula is C23H23F6N5OS2. The summed E-state index contributed by atoms with van der Waals surface area (Å²) in [6.45, 7) is 7.53. The molecule has 0 unspecified atom stereocenters. The van der Waals surface area contributed by atoms with Crippen molar-refractivity contribution in [2.45, 2.75) is 54.6 Å². The molecule has 0 aliphatic carbocycles. The predicted molar refractivity (Wildman–Crippen MR) is 131 cm³/mol. The summed E-state index contributed by atoms with van der Waals surface area (Å²) in [6, 6.07) is 4.72. The van der Waals surface area contributed by atoms with Crippen molar-refractivity contribution in [3.8, 4) is 22.9 Å². The minimum Gasteiger partial charge on any atom is -0.317 e. The number of amides is 1. The smallest absolute Gasteiger partial charge is 0.317 e. The number of rotatable bonds is 6. The number of benzene rings is 1. The molecule has 14 heteroatoms. The molecular weight excluding hydrogens is 540 g/mol. The van der Waals surface area contributed by atoms with Gasteiger partial charge in [0.15, 0.2) is 11.6 Å². The van der Waals surface area contributed by atoms with E-state index in [0.717, 1.165) is 18.3 Å². The van der Waals surface area contributed by atoms with E-state index in [2.05, 4.69) is 15.2 Å². The van der Waals surface area contributed by atoms with E-state index in [0.29, 0.717) is 21.1 Å². The van der Waals surface area contributed by atoms with Gasteiger partial charge in [0.1, 0.15) is 5.69 Å². The Balaban J connectivity index is 2.18. The van der Waals surface area contributed by atoms with Crippen LogP contribution in [0.4, 0.5) is 32.0 Å². The van der Waals surface area contributed by atoms with Crippen LogP contribution in [0.2, 0.25) is 0 Å². The summed E-state index contributed by atoms with van der Waals surface area (Å²) in [4.78, 5) is 16.8. The standard InChI is InChI=1S/C23H23F6N5OS2/c1-6-36-16-11-17(37-21(2,3)4)14(31-20(35)23(27,28)29)10-13(16)18-32-33-19(34(18)5)15-9-12(7-8-30-15)22(24,25)26/h7-11H,6H2,1-5H3,(H,31,35). The molecule has 0 bridgehead atoms. The molecule has 0 saturated heterocycles. The molecule has 0 saturated carbocycles. The SMILES string of the molecule is CCSc1cc(SC(C)(C)C)c(NC(=O)C(F)(F)F)cc1-c1nnc(-c2cc(C(F)(F)F)ccn2)n1C. The highest BCUT2D eigenvalue weighted by Crippen LogP contribution is 2.43. The molecule has 0 atom stereocenters. The van der Waals surface area contributed by atoms with Gasteiger partial charge in [0.05, 0.1) is 11.3 Å². The third-order valence-electron chi connectivity index (χ3n) is 4.74. The Morgan fingerprint density at radius 1 is 1.00 bits per heavy atom. The average molecular weight is 564 g/mol. The summed E-state index contributed by atoms with van der Waals surface area (Å²) in [6.07, 6.45) is -8.68. The molecule has 0 spiro atoms. The van der Waals surface area contributed by atoms with E-state index in [1.807, 2.05) is 33.0 Å². The number of alkyl halides is 6.